The summed E-state index contributed by atoms with van der Waals surface area (Å²) in [6, 6.07) is 7.73. The highest BCUT2D eigenvalue weighted by Crippen LogP contribution is 2.12. The van der Waals surface area contributed by atoms with Gasteiger partial charge in [0.1, 0.15) is 6.04 Å². The number of anilines is 1. The van der Waals surface area contributed by atoms with Crippen LogP contribution < -0.4 is 5.32 Å². The average molecular weight is 221 g/mol. The summed E-state index contributed by atoms with van der Waals surface area (Å²) < 4.78 is 4.76. The maximum absolute atomic E-state index is 11.5. The van der Waals surface area contributed by atoms with Crippen LogP contribution in [0.15, 0.2) is 24.3 Å². The van der Waals surface area contributed by atoms with Gasteiger partial charge in [-0.2, -0.15) is 0 Å². The number of rotatable bonds is 5. The van der Waals surface area contributed by atoms with E-state index < -0.39 is 0 Å². The van der Waals surface area contributed by atoms with E-state index in [0.29, 0.717) is 0 Å². The Bertz CT molecular complexity index is 332. The van der Waals surface area contributed by atoms with Crippen LogP contribution in [0.4, 0.5) is 5.69 Å². The van der Waals surface area contributed by atoms with E-state index in [1.165, 1.54) is 12.7 Å². The van der Waals surface area contributed by atoms with Crippen LogP contribution in [0.5, 0.6) is 0 Å². The van der Waals surface area contributed by atoms with Crippen molar-refractivity contribution in [2.45, 2.75) is 32.7 Å². The van der Waals surface area contributed by atoms with E-state index in [2.05, 4.69) is 5.32 Å². The van der Waals surface area contributed by atoms with Gasteiger partial charge < -0.3 is 10.1 Å². The van der Waals surface area contributed by atoms with Crippen LogP contribution in [0.1, 0.15) is 25.3 Å². The number of hydrogen-bond acceptors (Lipinski definition) is 3. The summed E-state index contributed by atoms with van der Waals surface area (Å²) in [7, 11) is 1.42. The summed E-state index contributed by atoms with van der Waals surface area (Å²) in [6.45, 7) is 4.08. The van der Waals surface area contributed by atoms with Gasteiger partial charge in [0.2, 0.25) is 0 Å². The second kappa shape index (κ2) is 6.16. The second-order valence-corrected chi connectivity index (χ2v) is 3.87. The summed E-state index contributed by atoms with van der Waals surface area (Å²) in [5.41, 5.74) is 2.16. The third-order valence-electron chi connectivity index (χ3n) is 2.46. The minimum absolute atomic E-state index is 0.206. The monoisotopic (exact) mass is 221 g/mol. The van der Waals surface area contributed by atoms with Gasteiger partial charge in [0.15, 0.2) is 0 Å². The van der Waals surface area contributed by atoms with Crippen molar-refractivity contribution in [3.63, 3.8) is 0 Å². The van der Waals surface area contributed by atoms with Gasteiger partial charge in [-0.1, -0.05) is 31.0 Å². The highest BCUT2D eigenvalue weighted by molar-refractivity contribution is 5.79. The number of carbonyl (C=O) groups is 1. The molecule has 0 saturated heterocycles. The van der Waals surface area contributed by atoms with E-state index in [1.54, 1.807) is 0 Å². The Labute approximate surface area is 96.8 Å². The number of nitrogens with one attached hydrogen (secondary N) is 1. The van der Waals surface area contributed by atoms with Crippen molar-refractivity contribution in [2.75, 3.05) is 12.4 Å². The van der Waals surface area contributed by atoms with Crippen LogP contribution in [-0.2, 0) is 9.53 Å². The summed E-state index contributed by atoms with van der Waals surface area (Å²) in [5.74, 6) is -0.206. The van der Waals surface area contributed by atoms with Gasteiger partial charge in [-0.15, -0.1) is 0 Å². The quantitative estimate of drug-likeness (QED) is 0.777. The van der Waals surface area contributed by atoms with Crippen molar-refractivity contribution < 1.29 is 9.53 Å². The Balaban J connectivity index is 2.67. The fraction of sp³-hybridized carbons (Fsp3) is 0.462. The van der Waals surface area contributed by atoms with E-state index in [1.807, 2.05) is 38.1 Å². The molecule has 0 aliphatic carbocycles. The fourth-order valence-corrected chi connectivity index (χ4v) is 1.53. The first-order valence-corrected chi connectivity index (χ1v) is 5.58. The van der Waals surface area contributed by atoms with Gasteiger partial charge in [-0.3, -0.25) is 0 Å². The van der Waals surface area contributed by atoms with Crippen LogP contribution in [0.3, 0.4) is 0 Å². The molecule has 0 bridgehead atoms. The SMILES string of the molecule is CCCC(Nc1ccc(C)cc1)C(=O)OC. The molecule has 1 unspecified atom stereocenters. The zero-order valence-corrected chi connectivity index (χ0v) is 10.1. The average Bonchev–Trinajstić information content (AvgIpc) is 2.30. The van der Waals surface area contributed by atoms with Gasteiger partial charge in [0.05, 0.1) is 7.11 Å². The van der Waals surface area contributed by atoms with E-state index >= 15 is 0 Å². The molecule has 0 spiro atoms. The van der Waals surface area contributed by atoms with Crippen molar-refractivity contribution >= 4 is 11.7 Å². The fourth-order valence-electron chi connectivity index (χ4n) is 1.53. The maximum atomic E-state index is 11.5. The number of hydrogen-bond donors (Lipinski definition) is 1. The third kappa shape index (κ3) is 3.57. The molecule has 1 aromatic rings. The van der Waals surface area contributed by atoms with Crippen LogP contribution in [0.2, 0.25) is 0 Å². The number of esters is 1. The molecule has 0 aromatic heterocycles. The molecule has 0 amide bonds. The van der Waals surface area contributed by atoms with Gasteiger partial charge >= 0.3 is 5.97 Å². The zero-order chi connectivity index (χ0) is 12.0. The van der Waals surface area contributed by atoms with E-state index in [4.69, 9.17) is 4.74 Å². The lowest BCUT2D eigenvalue weighted by atomic mass is 10.1. The standard InChI is InChI=1S/C13H19NO2/c1-4-5-12(13(15)16-3)14-11-8-6-10(2)7-9-11/h6-9,12,14H,4-5H2,1-3H3. The molecule has 1 rings (SSSR count). The van der Waals surface area contributed by atoms with Gasteiger partial charge in [-0.05, 0) is 25.5 Å². The topological polar surface area (TPSA) is 38.3 Å². The predicted molar refractivity (Wildman–Crippen MR) is 65.5 cm³/mol. The van der Waals surface area contributed by atoms with Crippen LogP contribution in [0, 0.1) is 6.92 Å². The van der Waals surface area contributed by atoms with Crippen molar-refractivity contribution in [2.24, 2.45) is 0 Å². The van der Waals surface area contributed by atoms with Crippen LogP contribution in [0.25, 0.3) is 0 Å². The summed E-state index contributed by atoms with van der Waals surface area (Å²) >= 11 is 0. The highest BCUT2D eigenvalue weighted by Gasteiger charge is 2.17. The predicted octanol–water partition coefficient (Wildman–Crippen LogP) is 2.75. The molecule has 88 valence electrons. The smallest absolute Gasteiger partial charge is 0.328 e. The van der Waals surface area contributed by atoms with Crippen LogP contribution >= 0.6 is 0 Å². The first-order valence-electron chi connectivity index (χ1n) is 5.58. The molecule has 0 saturated carbocycles. The third-order valence-corrected chi connectivity index (χ3v) is 2.46. The van der Waals surface area contributed by atoms with Crippen molar-refractivity contribution in [1.82, 2.24) is 0 Å². The molecule has 3 nitrogen and oxygen atoms in total. The molecule has 0 aliphatic rings. The first kappa shape index (κ1) is 12.6. The summed E-state index contributed by atoms with van der Waals surface area (Å²) in [4.78, 5) is 11.5. The summed E-state index contributed by atoms with van der Waals surface area (Å²) in [6.07, 6.45) is 1.72. The molecule has 0 fully saturated rings. The first-order chi connectivity index (χ1) is 7.67. The largest absolute Gasteiger partial charge is 0.467 e. The molecular weight excluding hydrogens is 202 g/mol. The molecule has 3 heteroatoms. The van der Waals surface area contributed by atoms with E-state index in [0.717, 1.165) is 18.5 Å². The number of ether oxygens (including phenoxy) is 1. The Morgan fingerprint density at radius 1 is 1.38 bits per heavy atom. The van der Waals surface area contributed by atoms with Gasteiger partial charge in [0, 0.05) is 5.69 Å². The Kier molecular flexibility index (Phi) is 4.83. The van der Waals surface area contributed by atoms with E-state index in [9.17, 15) is 4.79 Å². The molecule has 1 aromatic carbocycles. The van der Waals surface area contributed by atoms with E-state index in [-0.39, 0.29) is 12.0 Å². The molecule has 0 aliphatic heterocycles. The van der Waals surface area contributed by atoms with Crippen molar-refractivity contribution in [3.05, 3.63) is 29.8 Å². The lowest BCUT2D eigenvalue weighted by Gasteiger charge is -2.16. The summed E-state index contributed by atoms with van der Waals surface area (Å²) in [5, 5.41) is 3.18. The van der Waals surface area contributed by atoms with Crippen LogP contribution in [-0.4, -0.2) is 19.1 Å². The number of benzene rings is 1. The molecule has 1 atom stereocenters. The van der Waals surface area contributed by atoms with Crippen molar-refractivity contribution in [3.8, 4) is 0 Å². The minimum Gasteiger partial charge on any atom is -0.467 e. The number of carbonyl (C=O) groups excluding carboxylic acids is 1. The maximum Gasteiger partial charge on any atom is 0.328 e. The number of methoxy groups -OCH3 is 1. The van der Waals surface area contributed by atoms with Crippen molar-refractivity contribution in [1.29, 1.82) is 0 Å². The molecule has 0 heterocycles. The van der Waals surface area contributed by atoms with Gasteiger partial charge in [-0.25, -0.2) is 4.79 Å². The second-order valence-electron chi connectivity index (χ2n) is 3.87. The van der Waals surface area contributed by atoms with Gasteiger partial charge in [0.25, 0.3) is 0 Å². The molecule has 0 radical (unpaired) electrons. The molecule has 16 heavy (non-hydrogen) atoms. The Morgan fingerprint density at radius 3 is 2.50 bits per heavy atom. The Hall–Kier alpha value is -1.51. The molecular formula is C13H19NO2. The number of aryl methyl sites for hydroxylation is 1. The lowest BCUT2D eigenvalue weighted by molar-refractivity contribution is -0.141. The zero-order valence-electron chi connectivity index (χ0n) is 10.1. The highest BCUT2D eigenvalue weighted by atomic mass is 16.5. The lowest BCUT2D eigenvalue weighted by Crippen LogP contribution is -2.30. The Morgan fingerprint density at radius 2 is 2.00 bits per heavy atom. The normalized spacial score (nSPS) is 11.9. The minimum atomic E-state index is -0.252. The molecule has 1 N–H and O–H groups in total.